The molecular formula is C38H53N5O8S. The van der Waals surface area contributed by atoms with Gasteiger partial charge in [-0.1, -0.05) is 59.8 Å². The molecule has 1 aliphatic heterocycles. The first-order chi connectivity index (χ1) is 23.9. The number of alkyl carbamates (subject to hydrolysis) is 1. The summed E-state index contributed by atoms with van der Waals surface area (Å²) in [6, 6.07) is 5.70. The molecule has 0 bridgehead atoms. The summed E-state index contributed by atoms with van der Waals surface area (Å²) in [5, 5.41) is 6.56. The molecule has 0 radical (unpaired) electrons. The number of carbonyl (C=O) groups excluding carboxylic acids is 4. The standard InChI is InChI=1S/C38H53N5O8S/c1-11-23-20-38(23,33(46)42-52(48,49)26-13-14-26)41-30(44)28-19-25(50-31-27-15-12-24(35(2,3)4)18-22(27)16-17-39-31)21-43(28)32(45)29(36(5,6)7)40-34(47)51-37(8,9)10/h11-12,15-18,23,25-26,28-29H,1,13-14,19-21H2,2-10H3,(H,40,47)(H,41,44)(H,42,46). The van der Waals surface area contributed by atoms with E-state index in [1.54, 1.807) is 47.7 Å². The molecule has 4 amide bonds. The summed E-state index contributed by atoms with van der Waals surface area (Å²) >= 11 is 0. The maximum absolute atomic E-state index is 14.5. The van der Waals surface area contributed by atoms with Crippen molar-refractivity contribution in [2.24, 2.45) is 11.3 Å². The van der Waals surface area contributed by atoms with Gasteiger partial charge in [0.15, 0.2) is 0 Å². The average Bonchev–Trinajstić information content (AvgIpc) is 3.94. The maximum Gasteiger partial charge on any atom is 0.408 e. The van der Waals surface area contributed by atoms with Gasteiger partial charge >= 0.3 is 6.09 Å². The monoisotopic (exact) mass is 739 g/mol. The SMILES string of the molecule is C=CC1CC1(NC(=O)C1CC(Oc2nccc3cc(C(C)(C)C)ccc23)CN1C(=O)C(NC(=O)OC(C)(C)C)C(C)(C)C)C(=O)NS(=O)(=O)C1CC1. The summed E-state index contributed by atoms with van der Waals surface area (Å²) in [6.45, 7) is 20.6. The fourth-order valence-electron chi connectivity index (χ4n) is 6.50. The van der Waals surface area contributed by atoms with E-state index in [1.165, 1.54) is 11.0 Å². The van der Waals surface area contributed by atoms with Crippen LogP contribution in [0.4, 0.5) is 4.79 Å². The summed E-state index contributed by atoms with van der Waals surface area (Å²) in [5.41, 5.74) is -2.12. The Morgan fingerprint density at radius 1 is 1.04 bits per heavy atom. The van der Waals surface area contributed by atoms with Gasteiger partial charge in [0, 0.05) is 23.9 Å². The van der Waals surface area contributed by atoms with Crippen LogP contribution in [0.5, 0.6) is 5.88 Å². The molecule has 284 valence electrons. The van der Waals surface area contributed by atoms with Crippen LogP contribution in [0.1, 0.15) is 93.6 Å². The van der Waals surface area contributed by atoms with E-state index in [2.05, 4.69) is 53.8 Å². The van der Waals surface area contributed by atoms with E-state index in [4.69, 9.17) is 9.47 Å². The Hall–Kier alpha value is -4.20. The summed E-state index contributed by atoms with van der Waals surface area (Å²) in [6.07, 6.45) is 2.77. The average molecular weight is 740 g/mol. The van der Waals surface area contributed by atoms with Crippen molar-refractivity contribution in [3.05, 3.63) is 48.7 Å². The van der Waals surface area contributed by atoms with Crippen LogP contribution in [0, 0.1) is 11.3 Å². The number of benzene rings is 1. The number of ether oxygens (including phenoxy) is 2. The highest BCUT2D eigenvalue weighted by molar-refractivity contribution is 7.91. The van der Waals surface area contributed by atoms with Crippen LogP contribution in [0.25, 0.3) is 10.8 Å². The Labute approximate surface area is 306 Å². The fourth-order valence-corrected chi connectivity index (χ4v) is 7.87. The van der Waals surface area contributed by atoms with Gasteiger partial charge in [0.2, 0.25) is 27.7 Å². The molecule has 13 nitrogen and oxygen atoms in total. The Kier molecular flexibility index (Phi) is 10.2. The number of carbonyl (C=O) groups is 4. The van der Waals surface area contributed by atoms with Crippen molar-refractivity contribution in [3.8, 4) is 5.88 Å². The molecule has 14 heteroatoms. The summed E-state index contributed by atoms with van der Waals surface area (Å²) in [5.74, 6) is -2.22. The minimum Gasteiger partial charge on any atom is -0.472 e. The number of sulfonamides is 1. The molecule has 52 heavy (non-hydrogen) atoms. The van der Waals surface area contributed by atoms with Crippen molar-refractivity contribution >= 4 is 44.6 Å². The first-order valence-corrected chi connectivity index (χ1v) is 19.4. The van der Waals surface area contributed by atoms with E-state index in [9.17, 15) is 27.6 Å². The minimum atomic E-state index is -3.89. The van der Waals surface area contributed by atoms with Gasteiger partial charge in [0.05, 0.1) is 11.8 Å². The lowest BCUT2D eigenvalue weighted by Gasteiger charge is -2.36. The summed E-state index contributed by atoms with van der Waals surface area (Å²) in [4.78, 5) is 61.0. The number of amides is 4. The highest BCUT2D eigenvalue weighted by atomic mass is 32.2. The second-order valence-electron chi connectivity index (χ2n) is 17.4. The van der Waals surface area contributed by atoms with Crippen LogP contribution in [0.15, 0.2) is 43.1 Å². The molecule has 1 aromatic heterocycles. The van der Waals surface area contributed by atoms with E-state index in [1.807, 2.05) is 18.2 Å². The maximum atomic E-state index is 14.5. The number of nitrogens with zero attached hydrogens (tertiary/aromatic N) is 2. The van der Waals surface area contributed by atoms with Crippen LogP contribution in [-0.4, -0.2) is 83.2 Å². The molecule has 2 aliphatic carbocycles. The van der Waals surface area contributed by atoms with Crippen molar-refractivity contribution in [1.82, 2.24) is 25.2 Å². The van der Waals surface area contributed by atoms with E-state index >= 15 is 0 Å². The Morgan fingerprint density at radius 2 is 1.71 bits per heavy atom. The van der Waals surface area contributed by atoms with E-state index in [-0.39, 0.29) is 24.8 Å². The quantitative estimate of drug-likeness (QED) is 0.297. The first-order valence-electron chi connectivity index (χ1n) is 17.8. The topological polar surface area (TPSA) is 173 Å². The molecule has 0 spiro atoms. The molecule has 2 saturated carbocycles. The van der Waals surface area contributed by atoms with Crippen LogP contribution < -0.4 is 20.1 Å². The third-order valence-corrected chi connectivity index (χ3v) is 11.6. The molecule has 2 aromatic rings. The third-order valence-electron chi connectivity index (χ3n) is 9.74. The summed E-state index contributed by atoms with van der Waals surface area (Å²) in [7, 11) is -3.89. The zero-order valence-corrected chi connectivity index (χ0v) is 32.5. The predicted octanol–water partition coefficient (Wildman–Crippen LogP) is 4.49. The molecular weight excluding hydrogens is 687 g/mol. The van der Waals surface area contributed by atoms with Gasteiger partial charge in [-0.25, -0.2) is 18.2 Å². The fraction of sp³-hybridized carbons (Fsp3) is 0.605. The predicted molar refractivity (Wildman–Crippen MR) is 197 cm³/mol. The zero-order valence-electron chi connectivity index (χ0n) is 31.7. The lowest BCUT2D eigenvalue weighted by atomic mass is 9.85. The van der Waals surface area contributed by atoms with Crippen molar-refractivity contribution in [2.75, 3.05) is 6.54 Å². The highest BCUT2D eigenvalue weighted by Gasteiger charge is 2.62. The van der Waals surface area contributed by atoms with Crippen LogP contribution in [0.3, 0.4) is 0 Å². The highest BCUT2D eigenvalue weighted by Crippen LogP contribution is 2.45. The molecule has 5 unspecified atom stereocenters. The van der Waals surface area contributed by atoms with E-state index in [0.717, 1.165) is 16.3 Å². The first kappa shape index (κ1) is 39.0. The van der Waals surface area contributed by atoms with Gasteiger partial charge in [-0.15, -0.1) is 6.58 Å². The number of nitrogens with one attached hydrogen (secondary N) is 3. The van der Waals surface area contributed by atoms with Gasteiger partial charge in [-0.2, -0.15) is 0 Å². The number of likely N-dealkylation sites (tertiary alicyclic amines) is 1. The Morgan fingerprint density at radius 3 is 2.27 bits per heavy atom. The molecule has 1 aromatic carbocycles. The van der Waals surface area contributed by atoms with Crippen molar-refractivity contribution in [3.63, 3.8) is 0 Å². The smallest absolute Gasteiger partial charge is 0.408 e. The lowest BCUT2D eigenvalue weighted by molar-refractivity contribution is -0.143. The second kappa shape index (κ2) is 13.7. The van der Waals surface area contributed by atoms with Gasteiger partial charge < -0.3 is 25.0 Å². The number of fused-ring (bicyclic) bond motifs is 1. The third kappa shape index (κ3) is 8.53. The molecule has 3 aliphatic rings. The number of hydrogen-bond donors (Lipinski definition) is 3. The molecule has 3 N–H and O–H groups in total. The van der Waals surface area contributed by atoms with Crippen LogP contribution in [-0.2, 0) is 34.6 Å². The van der Waals surface area contributed by atoms with Gasteiger partial charge in [0.1, 0.15) is 29.3 Å². The number of aromatic nitrogens is 1. The van der Waals surface area contributed by atoms with Crippen molar-refractivity contribution in [1.29, 1.82) is 0 Å². The van der Waals surface area contributed by atoms with Crippen LogP contribution in [0.2, 0.25) is 0 Å². The summed E-state index contributed by atoms with van der Waals surface area (Å²) < 4.78 is 39.5. The molecule has 2 heterocycles. The van der Waals surface area contributed by atoms with E-state index in [0.29, 0.717) is 18.7 Å². The molecule has 3 fully saturated rings. The Bertz CT molecular complexity index is 1870. The minimum absolute atomic E-state index is 0.0300. The van der Waals surface area contributed by atoms with Crippen LogP contribution >= 0.6 is 0 Å². The number of rotatable bonds is 10. The van der Waals surface area contributed by atoms with E-state index < -0.39 is 79.7 Å². The number of hydrogen-bond acceptors (Lipinski definition) is 9. The largest absolute Gasteiger partial charge is 0.472 e. The second-order valence-corrected chi connectivity index (χ2v) is 19.4. The Balaban J connectivity index is 1.45. The van der Waals surface area contributed by atoms with Gasteiger partial charge in [-0.05, 0) is 73.9 Å². The van der Waals surface area contributed by atoms with Crippen molar-refractivity contribution in [2.45, 2.75) is 128 Å². The lowest BCUT2D eigenvalue weighted by Crippen LogP contribution is -2.60. The molecule has 1 saturated heterocycles. The van der Waals surface area contributed by atoms with Crippen molar-refractivity contribution < 1.29 is 37.1 Å². The van der Waals surface area contributed by atoms with Gasteiger partial charge in [0.25, 0.3) is 5.91 Å². The molecule has 5 rings (SSSR count). The van der Waals surface area contributed by atoms with Gasteiger partial charge in [-0.3, -0.25) is 19.1 Å². The number of pyridine rings is 1. The zero-order chi connectivity index (χ0) is 38.6. The molecule has 5 atom stereocenters. The normalized spacial score (nSPS) is 24.1.